The van der Waals surface area contributed by atoms with Gasteiger partial charge >= 0.3 is 0 Å². The molecule has 1 aromatic heterocycles. The van der Waals surface area contributed by atoms with Gasteiger partial charge in [-0.3, -0.25) is 4.90 Å². The van der Waals surface area contributed by atoms with E-state index in [9.17, 15) is 0 Å². The van der Waals surface area contributed by atoms with Crippen molar-refractivity contribution in [3.63, 3.8) is 0 Å². The molecule has 0 radical (unpaired) electrons. The fourth-order valence-electron chi connectivity index (χ4n) is 3.78. The summed E-state index contributed by atoms with van der Waals surface area (Å²) >= 11 is 0. The molecule has 116 valence electrons. The molecule has 0 unspecified atom stereocenters. The Labute approximate surface area is 127 Å². The molecule has 5 nitrogen and oxygen atoms in total. The molecule has 2 fully saturated rings. The van der Waals surface area contributed by atoms with Gasteiger partial charge in [-0.05, 0) is 19.3 Å². The molecule has 21 heavy (non-hydrogen) atoms. The van der Waals surface area contributed by atoms with Crippen LogP contribution in [0.25, 0.3) is 0 Å². The van der Waals surface area contributed by atoms with Crippen LogP contribution in [0.4, 0.5) is 11.6 Å². The number of nitrogens with one attached hydrogen (secondary N) is 1. The summed E-state index contributed by atoms with van der Waals surface area (Å²) in [6.07, 6.45) is 8.29. The van der Waals surface area contributed by atoms with Crippen molar-refractivity contribution in [1.29, 1.82) is 0 Å². The number of rotatable bonds is 4. The normalized spacial score (nSPS) is 21.0. The summed E-state index contributed by atoms with van der Waals surface area (Å²) in [5.41, 5.74) is 1.24. The van der Waals surface area contributed by atoms with Crippen LogP contribution in [0.1, 0.15) is 38.2 Å². The van der Waals surface area contributed by atoms with Gasteiger partial charge in [0.15, 0.2) is 0 Å². The Bertz CT molecular complexity index is 462. The Morgan fingerprint density at radius 1 is 1.14 bits per heavy atom. The molecule has 1 saturated heterocycles. The van der Waals surface area contributed by atoms with E-state index in [0.717, 1.165) is 37.2 Å². The van der Waals surface area contributed by atoms with E-state index in [-0.39, 0.29) is 0 Å². The van der Waals surface area contributed by atoms with E-state index in [4.69, 9.17) is 0 Å². The second-order valence-corrected chi connectivity index (χ2v) is 6.09. The van der Waals surface area contributed by atoms with Crippen LogP contribution in [0, 0.1) is 0 Å². The monoisotopic (exact) mass is 289 g/mol. The highest BCUT2D eigenvalue weighted by atomic mass is 15.3. The number of piperazine rings is 1. The summed E-state index contributed by atoms with van der Waals surface area (Å²) in [6.45, 7) is 6.70. The second-order valence-electron chi connectivity index (χ2n) is 6.09. The average molecular weight is 289 g/mol. The Kier molecular flexibility index (Phi) is 4.58. The molecule has 0 spiro atoms. The van der Waals surface area contributed by atoms with Crippen LogP contribution in [-0.2, 0) is 6.42 Å². The minimum absolute atomic E-state index is 0.844. The molecule has 1 aliphatic heterocycles. The first-order chi connectivity index (χ1) is 10.3. The quantitative estimate of drug-likeness (QED) is 0.920. The summed E-state index contributed by atoms with van der Waals surface area (Å²) in [6, 6.07) is 0.844. The molecular weight excluding hydrogens is 262 g/mol. The van der Waals surface area contributed by atoms with E-state index in [1.165, 1.54) is 44.3 Å². The first-order valence-electron chi connectivity index (χ1n) is 8.34. The predicted molar refractivity (Wildman–Crippen MR) is 87.0 cm³/mol. The van der Waals surface area contributed by atoms with Gasteiger partial charge in [0.1, 0.15) is 18.0 Å². The van der Waals surface area contributed by atoms with E-state index >= 15 is 0 Å². The first kappa shape index (κ1) is 14.6. The van der Waals surface area contributed by atoms with Crippen molar-refractivity contribution in [1.82, 2.24) is 14.9 Å². The fraction of sp³-hybridized carbons (Fsp3) is 0.750. The third kappa shape index (κ3) is 2.98. The molecule has 0 amide bonds. The van der Waals surface area contributed by atoms with Gasteiger partial charge < -0.3 is 10.2 Å². The van der Waals surface area contributed by atoms with Crippen molar-refractivity contribution < 1.29 is 0 Å². The summed E-state index contributed by atoms with van der Waals surface area (Å²) in [5, 5.41) is 3.19. The summed E-state index contributed by atoms with van der Waals surface area (Å²) in [5.74, 6) is 2.10. The SMILES string of the molecule is CCc1c(NC)ncnc1N1CCN(C2CCCC2)CC1. The van der Waals surface area contributed by atoms with Crippen LogP contribution in [-0.4, -0.2) is 54.1 Å². The lowest BCUT2D eigenvalue weighted by atomic mass is 10.1. The van der Waals surface area contributed by atoms with Gasteiger partial charge in [-0.1, -0.05) is 19.8 Å². The molecule has 3 rings (SSSR count). The van der Waals surface area contributed by atoms with Gasteiger partial charge in [0.2, 0.25) is 0 Å². The zero-order valence-corrected chi connectivity index (χ0v) is 13.3. The minimum Gasteiger partial charge on any atom is -0.373 e. The summed E-state index contributed by atoms with van der Waals surface area (Å²) in [7, 11) is 1.93. The van der Waals surface area contributed by atoms with Gasteiger partial charge in [0.05, 0.1) is 0 Å². The maximum Gasteiger partial charge on any atom is 0.137 e. The van der Waals surface area contributed by atoms with Crippen LogP contribution in [0.5, 0.6) is 0 Å². The molecule has 1 saturated carbocycles. The molecule has 1 N–H and O–H groups in total. The lowest BCUT2D eigenvalue weighted by molar-refractivity contribution is 0.187. The van der Waals surface area contributed by atoms with Gasteiger partial charge in [0.25, 0.3) is 0 Å². The Morgan fingerprint density at radius 3 is 2.48 bits per heavy atom. The molecule has 1 aromatic rings. The maximum absolute atomic E-state index is 4.56. The zero-order chi connectivity index (χ0) is 14.7. The first-order valence-corrected chi connectivity index (χ1v) is 8.34. The van der Waals surface area contributed by atoms with E-state index in [0.29, 0.717) is 0 Å². The molecule has 0 bridgehead atoms. The number of hydrogen-bond donors (Lipinski definition) is 1. The number of hydrogen-bond acceptors (Lipinski definition) is 5. The second kappa shape index (κ2) is 6.60. The van der Waals surface area contributed by atoms with Gasteiger partial charge in [-0.15, -0.1) is 0 Å². The van der Waals surface area contributed by atoms with Crippen LogP contribution in [0.3, 0.4) is 0 Å². The third-order valence-electron chi connectivity index (χ3n) is 4.97. The van der Waals surface area contributed by atoms with Crippen molar-refractivity contribution in [2.24, 2.45) is 0 Å². The largest absolute Gasteiger partial charge is 0.373 e. The predicted octanol–water partition coefficient (Wildman–Crippen LogP) is 2.15. The van der Waals surface area contributed by atoms with Crippen LogP contribution in [0.15, 0.2) is 6.33 Å². The number of anilines is 2. The standard InChI is InChI=1S/C16H27N5/c1-3-14-15(17-2)18-12-19-16(14)21-10-8-20(9-11-21)13-6-4-5-7-13/h12-13H,3-11H2,1-2H3,(H,17,18,19). The van der Waals surface area contributed by atoms with Gasteiger partial charge in [-0.2, -0.15) is 0 Å². The average Bonchev–Trinajstić information content (AvgIpc) is 3.08. The minimum atomic E-state index is 0.844. The molecule has 5 heteroatoms. The topological polar surface area (TPSA) is 44.3 Å². The Balaban J connectivity index is 1.69. The van der Waals surface area contributed by atoms with Crippen molar-refractivity contribution >= 4 is 11.6 Å². The van der Waals surface area contributed by atoms with Crippen molar-refractivity contribution in [2.75, 3.05) is 43.4 Å². The molecule has 2 aliphatic rings. The van der Waals surface area contributed by atoms with Gasteiger partial charge in [-0.25, -0.2) is 9.97 Å². The van der Waals surface area contributed by atoms with E-state index in [1.54, 1.807) is 6.33 Å². The van der Waals surface area contributed by atoms with E-state index in [2.05, 4.69) is 32.0 Å². The van der Waals surface area contributed by atoms with Crippen LogP contribution in [0.2, 0.25) is 0 Å². The van der Waals surface area contributed by atoms with Crippen molar-refractivity contribution in [3.8, 4) is 0 Å². The highest BCUT2D eigenvalue weighted by molar-refractivity contribution is 5.58. The van der Waals surface area contributed by atoms with E-state index in [1.807, 2.05) is 7.05 Å². The summed E-state index contributed by atoms with van der Waals surface area (Å²) < 4.78 is 0. The smallest absolute Gasteiger partial charge is 0.137 e. The third-order valence-corrected chi connectivity index (χ3v) is 4.97. The number of aromatic nitrogens is 2. The number of nitrogens with zero attached hydrogens (tertiary/aromatic N) is 4. The lowest BCUT2D eigenvalue weighted by Gasteiger charge is -2.39. The summed E-state index contributed by atoms with van der Waals surface area (Å²) in [4.78, 5) is 14.0. The fourth-order valence-corrected chi connectivity index (χ4v) is 3.78. The van der Waals surface area contributed by atoms with Crippen LogP contribution >= 0.6 is 0 Å². The zero-order valence-electron chi connectivity index (χ0n) is 13.3. The van der Waals surface area contributed by atoms with Crippen LogP contribution < -0.4 is 10.2 Å². The Hall–Kier alpha value is -1.36. The van der Waals surface area contributed by atoms with Crippen molar-refractivity contribution in [3.05, 3.63) is 11.9 Å². The molecule has 1 aliphatic carbocycles. The van der Waals surface area contributed by atoms with E-state index < -0.39 is 0 Å². The lowest BCUT2D eigenvalue weighted by Crippen LogP contribution is -2.50. The molecular formula is C16H27N5. The highest BCUT2D eigenvalue weighted by Gasteiger charge is 2.27. The molecule has 0 aromatic carbocycles. The molecule has 0 atom stereocenters. The Morgan fingerprint density at radius 2 is 1.86 bits per heavy atom. The van der Waals surface area contributed by atoms with Crippen molar-refractivity contribution in [2.45, 2.75) is 45.1 Å². The van der Waals surface area contributed by atoms with Gasteiger partial charge in [0, 0.05) is 44.8 Å². The molecule has 2 heterocycles. The maximum atomic E-state index is 4.56. The highest BCUT2D eigenvalue weighted by Crippen LogP contribution is 2.27.